The molecule has 2 N–H and O–H groups in total. The molecule has 14 heavy (non-hydrogen) atoms. The highest BCUT2D eigenvalue weighted by molar-refractivity contribution is 5.77. The van der Waals surface area contributed by atoms with Crippen LogP contribution >= 0.6 is 0 Å². The molecule has 0 aromatic rings. The predicted octanol–water partition coefficient (Wildman–Crippen LogP) is -0.436. The van der Waals surface area contributed by atoms with Crippen molar-refractivity contribution in [3.8, 4) is 0 Å². The van der Waals surface area contributed by atoms with Crippen LogP contribution in [0.2, 0.25) is 0 Å². The fraction of sp³-hybridized carbons (Fsp3) is 0.500. The number of carbonyl (C=O) groups excluding carboxylic acids is 1. The van der Waals surface area contributed by atoms with E-state index in [0.29, 0.717) is 0 Å². The Hall–Kier alpha value is -1.72. The Balaban J connectivity index is 4.45. The van der Waals surface area contributed by atoms with Gasteiger partial charge in [0.1, 0.15) is 6.72 Å². The van der Waals surface area contributed by atoms with E-state index < -0.39 is 23.9 Å². The molecule has 0 saturated carbocycles. The predicted molar refractivity (Wildman–Crippen MR) is 46.4 cm³/mol. The lowest BCUT2D eigenvalue weighted by Gasteiger charge is -2.05. The van der Waals surface area contributed by atoms with E-state index in [1.54, 1.807) is 0 Å². The Morgan fingerprint density at radius 3 is 2.14 bits per heavy atom. The summed E-state index contributed by atoms with van der Waals surface area (Å²) in [6, 6.07) is -1.18. The van der Waals surface area contributed by atoms with Gasteiger partial charge in [0.15, 0.2) is 0 Å². The second-order valence-electron chi connectivity index (χ2n) is 2.78. The third-order valence-corrected chi connectivity index (χ3v) is 1.70. The Morgan fingerprint density at radius 1 is 1.36 bits per heavy atom. The highest BCUT2D eigenvalue weighted by Gasteiger charge is 2.30. The normalized spacial score (nSPS) is 11.8. The molecule has 0 fully saturated rings. The van der Waals surface area contributed by atoms with Gasteiger partial charge in [-0.1, -0.05) is 0 Å². The van der Waals surface area contributed by atoms with Gasteiger partial charge in [0.2, 0.25) is 0 Å². The summed E-state index contributed by atoms with van der Waals surface area (Å²) < 4.78 is 0.769. The van der Waals surface area contributed by atoms with Gasteiger partial charge in [-0.05, 0) is 0 Å². The summed E-state index contributed by atoms with van der Waals surface area (Å²) in [5.74, 6) is -2.87. The number of rotatable bonds is 5. The second-order valence-corrected chi connectivity index (χ2v) is 2.78. The molecule has 0 aromatic heterocycles. The van der Waals surface area contributed by atoms with E-state index >= 15 is 0 Å². The summed E-state index contributed by atoms with van der Waals surface area (Å²) in [6.07, 6.45) is -0.454. The summed E-state index contributed by atoms with van der Waals surface area (Å²) in [7, 11) is 0. The van der Waals surface area contributed by atoms with Crippen molar-refractivity contribution in [1.82, 2.24) is 0 Å². The molecule has 6 nitrogen and oxygen atoms in total. The van der Waals surface area contributed by atoms with Crippen LogP contribution < -0.4 is 0 Å². The van der Waals surface area contributed by atoms with E-state index in [2.05, 4.69) is 6.72 Å². The maximum absolute atomic E-state index is 10.8. The molecule has 0 radical (unpaired) electrons. The van der Waals surface area contributed by atoms with Gasteiger partial charge >= 0.3 is 17.8 Å². The number of carboxylic acids is 2. The third kappa shape index (κ3) is 3.79. The van der Waals surface area contributed by atoms with E-state index in [9.17, 15) is 14.4 Å². The van der Waals surface area contributed by atoms with Crippen LogP contribution in [0, 0.1) is 0 Å². The van der Waals surface area contributed by atoms with Crippen molar-refractivity contribution < 1.29 is 29.2 Å². The molecule has 6 heteroatoms. The number of amides is 1. The molecule has 0 heterocycles. The number of carbonyl (C=O) groups is 3. The highest BCUT2D eigenvalue weighted by Crippen LogP contribution is 2.02. The number of aliphatic carboxylic acids is 2. The monoisotopic (exact) mass is 202 g/mol. The van der Waals surface area contributed by atoms with Crippen molar-refractivity contribution in [2.75, 3.05) is 0 Å². The topological polar surface area (TPSA) is 94.7 Å². The Kier molecular flexibility index (Phi) is 4.48. The molecular formula is C8H12NO5+. The summed E-state index contributed by atoms with van der Waals surface area (Å²) in [4.78, 5) is 31.6. The first-order chi connectivity index (χ1) is 6.36. The zero-order chi connectivity index (χ0) is 11.3. The van der Waals surface area contributed by atoms with Gasteiger partial charge in [0.05, 0.1) is 13.3 Å². The van der Waals surface area contributed by atoms with Crippen molar-refractivity contribution >= 4 is 24.6 Å². The average molecular weight is 202 g/mol. The molecule has 0 spiro atoms. The maximum atomic E-state index is 10.8. The van der Waals surface area contributed by atoms with E-state index in [1.165, 1.54) is 6.92 Å². The van der Waals surface area contributed by atoms with Crippen molar-refractivity contribution in [2.45, 2.75) is 25.8 Å². The van der Waals surface area contributed by atoms with Crippen molar-refractivity contribution in [2.24, 2.45) is 0 Å². The fourth-order valence-corrected chi connectivity index (χ4v) is 0.892. The molecule has 1 unspecified atom stereocenters. The van der Waals surface area contributed by atoms with E-state index in [1.807, 2.05) is 0 Å². The highest BCUT2D eigenvalue weighted by atomic mass is 16.4. The second kappa shape index (κ2) is 5.11. The van der Waals surface area contributed by atoms with Gasteiger partial charge < -0.3 is 10.2 Å². The van der Waals surface area contributed by atoms with Crippen molar-refractivity contribution in [1.29, 1.82) is 0 Å². The minimum absolute atomic E-state index is 0.145. The molecule has 78 valence electrons. The molecule has 0 aliphatic heterocycles. The SMILES string of the molecule is C=[N+](C(C)=O)C(CCC(=O)O)C(=O)O. The number of carboxylic acid groups (broad SMARTS) is 2. The van der Waals surface area contributed by atoms with E-state index in [0.717, 1.165) is 4.58 Å². The lowest BCUT2D eigenvalue weighted by Crippen LogP contribution is -2.36. The number of hydrogen-bond donors (Lipinski definition) is 2. The maximum Gasteiger partial charge on any atom is 0.384 e. The van der Waals surface area contributed by atoms with Gasteiger partial charge in [-0.2, -0.15) is 4.58 Å². The van der Waals surface area contributed by atoms with Gasteiger partial charge in [0.25, 0.3) is 6.04 Å². The molecule has 1 amide bonds. The first-order valence-corrected chi connectivity index (χ1v) is 3.91. The summed E-state index contributed by atoms with van der Waals surface area (Å²) in [5.41, 5.74) is 0. The van der Waals surface area contributed by atoms with Crippen LogP contribution in [0.4, 0.5) is 0 Å². The molecule has 1 atom stereocenters. The van der Waals surface area contributed by atoms with Crippen LogP contribution in [0.1, 0.15) is 19.8 Å². The summed E-state index contributed by atoms with van der Waals surface area (Å²) in [5, 5.41) is 17.0. The number of hydrogen-bond acceptors (Lipinski definition) is 3. The lowest BCUT2D eigenvalue weighted by atomic mass is 10.1. The van der Waals surface area contributed by atoms with Gasteiger partial charge in [-0.3, -0.25) is 4.79 Å². The number of nitrogens with zero attached hydrogens (tertiary/aromatic N) is 1. The molecule has 0 rings (SSSR count). The molecule has 0 aliphatic carbocycles. The van der Waals surface area contributed by atoms with Gasteiger partial charge in [-0.15, -0.1) is 0 Å². The van der Waals surface area contributed by atoms with Crippen LogP contribution in [0.5, 0.6) is 0 Å². The molecular weight excluding hydrogens is 190 g/mol. The molecule has 0 aliphatic rings. The van der Waals surface area contributed by atoms with Crippen LogP contribution in [-0.2, 0) is 14.4 Å². The first-order valence-electron chi connectivity index (χ1n) is 3.91. The van der Waals surface area contributed by atoms with E-state index in [4.69, 9.17) is 10.2 Å². The smallest absolute Gasteiger partial charge is 0.384 e. The Labute approximate surface area is 80.5 Å². The fourth-order valence-electron chi connectivity index (χ4n) is 0.892. The van der Waals surface area contributed by atoms with Crippen LogP contribution in [0.25, 0.3) is 0 Å². The van der Waals surface area contributed by atoms with Crippen molar-refractivity contribution in [3.63, 3.8) is 0 Å². The third-order valence-electron chi connectivity index (χ3n) is 1.70. The Bertz CT molecular complexity index is 283. The summed E-state index contributed by atoms with van der Waals surface area (Å²) >= 11 is 0. The van der Waals surface area contributed by atoms with Crippen LogP contribution in [-0.4, -0.2) is 45.4 Å². The minimum atomic E-state index is -1.25. The van der Waals surface area contributed by atoms with Crippen LogP contribution in [0.15, 0.2) is 0 Å². The van der Waals surface area contributed by atoms with E-state index in [-0.39, 0.29) is 12.8 Å². The quantitative estimate of drug-likeness (QED) is 0.465. The largest absolute Gasteiger partial charge is 0.481 e. The zero-order valence-electron chi connectivity index (χ0n) is 7.77. The first kappa shape index (κ1) is 12.3. The Morgan fingerprint density at radius 2 is 1.86 bits per heavy atom. The molecule has 0 bridgehead atoms. The average Bonchev–Trinajstić information content (AvgIpc) is 2.02. The standard InChI is InChI=1S/C8H11NO5/c1-5(10)9(2)6(8(13)14)3-4-7(11)12/h6H,2-4H2,1H3,(H-,11,12,13,14)/p+1. The van der Waals surface area contributed by atoms with Crippen molar-refractivity contribution in [3.05, 3.63) is 0 Å². The summed E-state index contributed by atoms with van der Waals surface area (Å²) in [6.45, 7) is 4.42. The van der Waals surface area contributed by atoms with Gasteiger partial charge in [0, 0.05) is 6.42 Å². The molecule has 0 aromatic carbocycles. The van der Waals surface area contributed by atoms with Gasteiger partial charge in [-0.25, -0.2) is 9.59 Å². The van der Waals surface area contributed by atoms with Crippen LogP contribution in [0.3, 0.4) is 0 Å². The molecule has 0 saturated heterocycles. The zero-order valence-corrected chi connectivity index (χ0v) is 7.77. The minimum Gasteiger partial charge on any atom is -0.481 e. The lowest BCUT2D eigenvalue weighted by molar-refractivity contribution is -0.469.